The number of nitrogens with zero attached hydrogens (tertiary/aromatic N) is 1. The minimum absolute atomic E-state index is 0.0661. The summed E-state index contributed by atoms with van der Waals surface area (Å²) in [6, 6.07) is 12.7. The molecule has 0 radical (unpaired) electrons. The molecule has 1 amide bonds. The average molecular weight is 393 g/mol. The minimum Gasteiger partial charge on any atom is -0.476 e. The smallest absolute Gasteiger partial charge is 0.267 e. The van der Waals surface area contributed by atoms with E-state index < -0.39 is 16.1 Å². The summed E-state index contributed by atoms with van der Waals surface area (Å²) in [6.07, 6.45) is 2.15. The highest BCUT2D eigenvalue weighted by Gasteiger charge is 2.35. The van der Waals surface area contributed by atoms with Crippen molar-refractivity contribution in [2.24, 2.45) is 0 Å². The molecule has 0 bridgehead atoms. The van der Waals surface area contributed by atoms with Gasteiger partial charge in [-0.25, -0.2) is 8.42 Å². The largest absolute Gasteiger partial charge is 0.476 e. The highest BCUT2D eigenvalue weighted by atomic mass is 32.2. The zero-order valence-electron chi connectivity index (χ0n) is 14.7. The first kappa shape index (κ1) is 18.6. The summed E-state index contributed by atoms with van der Waals surface area (Å²) in [7, 11) is -3.54. The number of anilines is 2. The number of nitrogens with one attached hydrogen (secondary N) is 1. The van der Waals surface area contributed by atoms with Gasteiger partial charge in [0.05, 0.1) is 18.5 Å². The highest BCUT2D eigenvalue weighted by Crippen LogP contribution is 2.36. The first-order valence-corrected chi connectivity index (χ1v) is 11.0. The fraction of sp³-hybridized carbons (Fsp3) is 0.278. The predicted molar refractivity (Wildman–Crippen MR) is 105 cm³/mol. The number of hydrogen-bond acceptors (Lipinski definition) is 5. The summed E-state index contributed by atoms with van der Waals surface area (Å²) in [6.45, 7) is 1.81. The Labute approximate surface area is 157 Å². The molecule has 138 valence electrons. The zero-order valence-corrected chi connectivity index (χ0v) is 16.4. The van der Waals surface area contributed by atoms with Crippen LogP contribution in [0.3, 0.4) is 0 Å². The van der Waals surface area contributed by atoms with E-state index in [1.807, 2.05) is 37.4 Å². The van der Waals surface area contributed by atoms with E-state index in [0.29, 0.717) is 17.1 Å². The van der Waals surface area contributed by atoms with Gasteiger partial charge in [-0.3, -0.25) is 9.10 Å². The third-order valence-electron chi connectivity index (χ3n) is 4.01. The molecule has 1 N–H and O–H groups in total. The number of ether oxygens (including phenoxy) is 1. The van der Waals surface area contributed by atoms with Crippen LogP contribution < -0.4 is 14.4 Å². The fourth-order valence-corrected chi connectivity index (χ4v) is 4.10. The van der Waals surface area contributed by atoms with Gasteiger partial charge in [0.2, 0.25) is 10.0 Å². The van der Waals surface area contributed by atoms with Crippen LogP contribution in [-0.4, -0.2) is 39.5 Å². The number of thioether (sulfide) groups is 1. The second-order valence-corrected chi connectivity index (χ2v) is 8.88. The Morgan fingerprint density at radius 1 is 1.27 bits per heavy atom. The number of carbonyl (C=O) groups is 1. The van der Waals surface area contributed by atoms with E-state index in [0.717, 1.165) is 16.7 Å². The summed E-state index contributed by atoms with van der Waals surface area (Å²) in [4.78, 5) is 13.7. The van der Waals surface area contributed by atoms with Gasteiger partial charge in [-0.05, 0) is 49.1 Å². The lowest BCUT2D eigenvalue weighted by molar-refractivity contribution is -0.122. The molecule has 3 rings (SSSR count). The Morgan fingerprint density at radius 3 is 2.73 bits per heavy atom. The Balaban J connectivity index is 1.87. The van der Waals surface area contributed by atoms with Gasteiger partial charge in [0.25, 0.3) is 5.91 Å². The second-order valence-electron chi connectivity index (χ2n) is 6.09. The third-order valence-corrected chi connectivity index (χ3v) is 5.89. The molecular weight excluding hydrogens is 372 g/mol. The van der Waals surface area contributed by atoms with Gasteiger partial charge in [-0.2, -0.15) is 0 Å². The van der Waals surface area contributed by atoms with Gasteiger partial charge in [0.1, 0.15) is 5.75 Å². The third kappa shape index (κ3) is 3.96. The molecule has 2 aromatic rings. The number of hydrogen-bond donors (Lipinski definition) is 1. The van der Waals surface area contributed by atoms with E-state index >= 15 is 0 Å². The molecule has 6 nitrogen and oxygen atoms in total. The first-order valence-electron chi connectivity index (χ1n) is 7.98. The highest BCUT2D eigenvalue weighted by molar-refractivity contribution is 7.98. The maximum atomic E-state index is 12.7. The molecule has 1 heterocycles. The lowest BCUT2D eigenvalue weighted by Gasteiger charge is -2.34. The Bertz CT molecular complexity index is 944. The monoisotopic (exact) mass is 392 g/mol. The maximum absolute atomic E-state index is 12.7. The SMILES string of the molecule is CSc1cccc(NC(=O)[C@H]2CN(S(C)(=O)=O)c3cc(C)ccc3O2)c1. The van der Waals surface area contributed by atoms with Gasteiger partial charge < -0.3 is 10.1 Å². The van der Waals surface area contributed by atoms with Crippen LogP contribution in [0.1, 0.15) is 5.56 Å². The fourth-order valence-electron chi connectivity index (χ4n) is 2.74. The normalized spacial score (nSPS) is 16.6. The van der Waals surface area contributed by atoms with Crippen molar-refractivity contribution in [3.8, 4) is 5.75 Å². The van der Waals surface area contributed by atoms with Gasteiger partial charge in [0, 0.05) is 10.6 Å². The molecule has 1 atom stereocenters. The Morgan fingerprint density at radius 2 is 2.04 bits per heavy atom. The Kier molecular flexibility index (Phi) is 5.15. The lowest BCUT2D eigenvalue weighted by Crippen LogP contribution is -2.48. The minimum atomic E-state index is -3.54. The number of aryl methyl sites for hydroxylation is 1. The summed E-state index contributed by atoms with van der Waals surface area (Å²) < 4.78 is 31.4. The predicted octanol–water partition coefficient (Wildman–Crippen LogP) is 2.88. The summed E-state index contributed by atoms with van der Waals surface area (Å²) >= 11 is 1.57. The molecule has 0 spiro atoms. The lowest BCUT2D eigenvalue weighted by atomic mass is 10.1. The molecule has 2 aromatic carbocycles. The number of sulfonamides is 1. The van der Waals surface area contributed by atoms with E-state index in [-0.39, 0.29) is 12.5 Å². The van der Waals surface area contributed by atoms with Crippen LogP contribution in [0.15, 0.2) is 47.4 Å². The van der Waals surface area contributed by atoms with E-state index in [9.17, 15) is 13.2 Å². The molecule has 0 saturated heterocycles. The molecule has 0 aliphatic carbocycles. The molecule has 0 saturated carbocycles. The first-order chi connectivity index (χ1) is 12.3. The zero-order chi connectivity index (χ0) is 18.9. The molecular formula is C18H20N2O4S2. The van der Waals surface area contributed by atoms with Crippen LogP contribution in [0.25, 0.3) is 0 Å². The number of amides is 1. The van der Waals surface area contributed by atoms with E-state index in [4.69, 9.17) is 4.74 Å². The molecule has 26 heavy (non-hydrogen) atoms. The van der Waals surface area contributed by atoms with Crippen LogP contribution in [-0.2, 0) is 14.8 Å². The number of carbonyl (C=O) groups excluding carboxylic acids is 1. The molecule has 8 heteroatoms. The van der Waals surface area contributed by atoms with E-state index in [1.165, 1.54) is 4.31 Å². The average Bonchev–Trinajstić information content (AvgIpc) is 2.60. The van der Waals surface area contributed by atoms with Crippen molar-refractivity contribution in [3.63, 3.8) is 0 Å². The molecule has 0 fully saturated rings. The van der Waals surface area contributed by atoms with Crippen molar-refractivity contribution in [1.29, 1.82) is 0 Å². The van der Waals surface area contributed by atoms with E-state index in [2.05, 4.69) is 5.32 Å². The summed E-state index contributed by atoms with van der Waals surface area (Å²) in [5, 5.41) is 2.80. The van der Waals surface area contributed by atoms with Crippen molar-refractivity contribution in [2.45, 2.75) is 17.9 Å². The standard InChI is InChI=1S/C18H20N2O4S2/c1-12-7-8-16-15(9-12)20(26(3,22)23)11-17(24-16)18(21)19-13-5-4-6-14(10-13)25-2/h4-10,17H,11H2,1-3H3,(H,19,21)/t17-/m1/s1. The molecule has 0 aromatic heterocycles. The molecule has 1 aliphatic heterocycles. The van der Waals surface area contributed by atoms with Crippen molar-refractivity contribution in [1.82, 2.24) is 0 Å². The molecule has 0 unspecified atom stereocenters. The topological polar surface area (TPSA) is 75.7 Å². The van der Waals surface area contributed by atoms with Gasteiger partial charge in [-0.1, -0.05) is 12.1 Å². The van der Waals surface area contributed by atoms with Crippen LogP contribution >= 0.6 is 11.8 Å². The summed E-state index contributed by atoms with van der Waals surface area (Å²) in [5.74, 6) is -0.00609. The van der Waals surface area contributed by atoms with Gasteiger partial charge in [0.15, 0.2) is 6.10 Å². The van der Waals surface area contributed by atoms with Crippen LogP contribution in [0.4, 0.5) is 11.4 Å². The van der Waals surface area contributed by atoms with Crippen molar-refractivity contribution >= 4 is 39.1 Å². The van der Waals surface area contributed by atoms with E-state index in [1.54, 1.807) is 30.0 Å². The van der Waals surface area contributed by atoms with Crippen molar-refractivity contribution in [3.05, 3.63) is 48.0 Å². The van der Waals surface area contributed by atoms with Crippen molar-refractivity contribution < 1.29 is 17.9 Å². The Hall–Kier alpha value is -2.19. The quantitative estimate of drug-likeness (QED) is 0.810. The second kappa shape index (κ2) is 7.20. The maximum Gasteiger partial charge on any atom is 0.267 e. The number of rotatable bonds is 4. The number of fused-ring (bicyclic) bond motifs is 1. The van der Waals surface area contributed by atoms with Crippen LogP contribution in [0.2, 0.25) is 0 Å². The van der Waals surface area contributed by atoms with Crippen molar-refractivity contribution in [2.75, 3.05) is 28.7 Å². The van der Waals surface area contributed by atoms with Crippen LogP contribution in [0, 0.1) is 6.92 Å². The molecule has 1 aliphatic rings. The van der Waals surface area contributed by atoms with Gasteiger partial charge >= 0.3 is 0 Å². The van der Waals surface area contributed by atoms with Gasteiger partial charge in [-0.15, -0.1) is 11.8 Å². The summed E-state index contributed by atoms with van der Waals surface area (Å²) in [5.41, 5.74) is 2.02. The van der Waals surface area contributed by atoms with Crippen LogP contribution in [0.5, 0.6) is 5.75 Å². The number of benzene rings is 2.